The van der Waals surface area contributed by atoms with Crippen LogP contribution in [0.2, 0.25) is 10.0 Å². The van der Waals surface area contributed by atoms with Crippen LogP contribution in [-0.2, 0) is 6.54 Å². The summed E-state index contributed by atoms with van der Waals surface area (Å²) >= 11 is 12.4. The third kappa shape index (κ3) is 7.17. The van der Waals surface area contributed by atoms with Gasteiger partial charge < -0.3 is 19.7 Å². The van der Waals surface area contributed by atoms with Crippen molar-refractivity contribution < 1.29 is 27.8 Å². The van der Waals surface area contributed by atoms with Gasteiger partial charge >= 0.3 is 12.5 Å². The number of carbonyl (C=O) groups is 1. The molecule has 2 N–H and O–H groups in total. The molecule has 3 aromatic rings. The molecule has 0 aliphatic heterocycles. The summed E-state index contributed by atoms with van der Waals surface area (Å²) < 4.78 is 43.1. The number of ether oxygens (including phenoxy) is 1. The van der Waals surface area contributed by atoms with E-state index in [4.69, 9.17) is 23.2 Å². The quantitative estimate of drug-likeness (QED) is 0.260. The van der Waals surface area contributed by atoms with Crippen molar-refractivity contribution in [1.29, 1.82) is 0 Å². The molecular formula is C26H29Cl2F3N4O3. The number of alkyl halides is 3. The SMILES string of the molecule is C[C@@H](CNc1ccc(OC(F)(F)F)cc1)N(C(=O)O)[C@@H](CC1CCCC1)Cn1cnc2cc(Cl)c(Cl)cc21. The first-order chi connectivity index (χ1) is 18.0. The Morgan fingerprint density at radius 1 is 1.21 bits per heavy atom. The van der Waals surface area contributed by atoms with E-state index in [0.29, 0.717) is 40.1 Å². The molecule has 1 aromatic heterocycles. The van der Waals surface area contributed by atoms with Crippen LogP contribution in [0.15, 0.2) is 42.7 Å². The third-order valence-electron chi connectivity index (χ3n) is 6.93. The van der Waals surface area contributed by atoms with Gasteiger partial charge in [0, 0.05) is 24.8 Å². The fourth-order valence-electron chi connectivity index (χ4n) is 5.18. The van der Waals surface area contributed by atoms with E-state index < -0.39 is 18.5 Å². The lowest BCUT2D eigenvalue weighted by molar-refractivity contribution is -0.274. The summed E-state index contributed by atoms with van der Waals surface area (Å²) in [6.45, 7) is 2.47. The van der Waals surface area contributed by atoms with Crippen molar-refractivity contribution in [2.45, 2.75) is 64.0 Å². The van der Waals surface area contributed by atoms with Gasteiger partial charge in [0.2, 0.25) is 0 Å². The average molecular weight is 573 g/mol. The zero-order valence-electron chi connectivity index (χ0n) is 20.7. The van der Waals surface area contributed by atoms with Gasteiger partial charge in [-0.2, -0.15) is 0 Å². The van der Waals surface area contributed by atoms with Gasteiger partial charge in [-0.15, -0.1) is 13.2 Å². The van der Waals surface area contributed by atoms with Gasteiger partial charge in [-0.05, 0) is 55.7 Å². The molecule has 1 fully saturated rings. The minimum Gasteiger partial charge on any atom is -0.465 e. The largest absolute Gasteiger partial charge is 0.573 e. The molecule has 1 saturated carbocycles. The summed E-state index contributed by atoms with van der Waals surface area (Å²) in [7, 11) is 0. The van der Waals surface area contributed by atoms with E-state index in [-0.39, 0.29) is 18.3 Å². The number of imidazole rings is 1. The predicted molar refractivity (Wildman–Crippen MR) is 141 cm³/mol. The van der Waals surface area contributed by atoms with Gasteiger partial charge in [-0.1, -0.05) is 48.9 Å². The van der Waals surface area contributed by atoms with Gasteiger partial charge in [0.1, 0.15) is 5.75 Å². The fraction of sp³-hybridized carbons (Fsp3) is 0.462. The summed E-state index contributed by atoms with van der Waals surface area (Å²) in [6, 6.07) is 8.00. The van der Waals surface area contributed by atoms with Crippen LogP contribution in [0.5, 0.6) is 5.75 Å². The van der Waals surface area contributed by atoms with Crippen molar-refractivity contribution in [2.24, 2.45) is 5.92 Å². The van der Waals surface area contributed by atoms with E-state index in [0.717, 1.165) is 31.2 Å². The highest BCUT2D eigenvalue weighted by molar-refractivity contribution is 6.42. The highest BCUT2D eigenvalue weighted by Gasteiger charge is 2.32. The number of nitrogens with zero attached hydrogens (tertiary/aromatic N) is 3. The van der Waals surface area contributed by atoms with Crippen LogP contribution >= 0.6 is 23.2 Å². The number of nitrogens with one attached hydrogen (secondary N) is 1. The van der Waals surface area contributed by atoms with Crippen molar-refractivity contribution in [2.75, 3.05) is 11.9 Å². The molecule has 38 heavy (non-hydrogen) atoms. The molecule has 1 aliphatic rings. The molecule has 0 saturated heterocycles. The molecule has 1 amide bonds. The number of hydrogen-bond acceptors (Lipinski definition) is 4. The van der Waals surface area contributed by atoms with Crippen LogP contribution in [0.25, 0.3) is 11.0 Å². The second-order valence-electron chi connectivity index (χ2n) is 9.68. The second kappa shape index (κ2) is 11.9. The third-order valence-corrected chi connectivity index (χ3v) is 7.65. The Hall–Kier alpha value is -2.85. The first-order valence-electron chi connectivity index (χ1n) is 12.4. The predicted octanol–water partition coefficient (Wildman–Crippen LogP) is 7.67. The van der Waals surface area contributed by atoms with Gasteiger partial charge in [0.15, 0.2) is 0 Å². The molecule has 1 heterocycles. The van der Waals surface area contributed by atoms with Crippen molar-refractivity contribution in [3.8, 4) is 5.75 Å². The number of aromatic nitrogens is 2. The zero-order chi connectivity index (χ0) is 27.4. The first-order valence-corrected chi connectivity index (χ1v) is 13.2. The van der Waals surface area contributed by atoms with Crippen LogP contribution in [0.4, 0.5) is 23.7 Å². The van der Waals surface area contributed by atoms with Crippen molar-refractivity contribution in [1.82, 2.24) is 14.5 Å². The number of amides is 1. The highest BCUT2D eigenvalue weighted by atomic mass is 35.5. The van der Waals surface area contributed by atoms with Gasteiger partial charge in [0.25, 0.3) is 0 Å². The molecule has 0 bridgehead atoms. The summed E-state index contributed by atoms with van der Waals surface area (Å²) in [4.78, 5) is 18.4. The Morgan fingerprint density at radius 3 is 2.50 bits per heavy atom. The monoisotopic (exact) mass is 572 g/mol. The second-order valence-corrected chi connectivity index (χ2v) is 10.5. The van der Waals surface area contributed by atoms with E-state index in [1.54, 1.807) is 18.5 Å². The summed E-state index contributed by atoms with van der Waals surface area (Å²) in [5, 5.41) is 14.2. The Morgan fingerprint density at radius 2 is 1.87 bits per heavy atom. The standard InChI is InChI=1S/C26H29Cl2F3N4O3/c1-16(13-32-18-6-8-20(9-7-18)38-26(29,30)31)35(25(36)37)19(10-17-4-2-3-5-17)14-34-15-33-23-11-21(27)22(28)12-24(23)34/h6-9,11-12,15-17,19,32H,2-5,10,13-14H2,1H3,(H,36,37)/t16-,19-/m0/s1. The van der Waals surface area contributed by atoms with E-state index >= 15 is 0 Å². The Labute approximate surface area is 228 Å². The fourth-order valence-corrected chi connectivity index (χ4v) is 5.49. The normalized spacial score (nSPS) is 15.9. The maximum atomic E-state index is 12.5. The molecule has 0 spiro atoms. The zero-order valence-corrected chi connectivity index (χ0v) is 22.2. The minimum atomic E-state index is -4.77. The van der Waals surface area contributed by atoms with Crippen molar-refractivity contribution in [3.63, 3.8) is 0 Å². The molecule has 206 valence electrons. The summed E-state index contributed by atoms with van der Waals surface area (Å²) in [5.74, 6) is 0.102. The molecule has 2 atom stereocenters. The molecule has 0 radical (unpaired) electrons. The molecule has 1 aliphatic carbocycles. The number of rotatable bonds is 10. The van der Waals surface area contributed by atoms with Crippen LogP contribution in [-0.4, -0.2) is 50.6 Å². The van der Waals surface area contributed by atoms with E-state index in [1.165, 1.54) is 29.2 Å². The summed E-state index contributed by atoms with van der Waals surface area (Å²) in [5.41, 5.74) is 2.00. The maximum absolute atomic E-state index is 12.5. The first kappa shape index (κ1) is 28.2. The molecule has 4 rings (SSSR count). The number of halogens is 5. The molecule has 12 heteroatoms. The number of benzene rings is 2. The number of carboxylic acid groups (broad SMARTS) is 1. The number of anilines is 1. The van der Waals surface area contributed by atoms with Gasteiger partial charge in [-0.25, -0.2) is 9.78 Å². The van der Waals surface area contributed by atoms with Gasteiger partial charge in [0.05, 0.1) is 33.4 Å². The van der Waals surface area contributed by atoms with Crippen LogP contribution < -0.4 is 10.1 Å². The van der Waals surface area contributed by atoms with Crippen LogP contribution in [0, 0.1) is 5.92 Å². The van der Waals surface area contributed by atoms with E-state index in [9.17, 15) is 23.1 Å². The van der Waals surface area contributed by atoms with Crippen molar-refractivity contribution >= 4 is 46.0 Å². The lowest BCUT2D eigenvalue weighted by Gasteiger charge is -2.36. The molecule has 2 aromatic carbocycles. The topological polar surface area (TPSA) is 79.6 Å². The van der Waals surface area contributed by atoms with Crippen molar-refractivity contribution in [3.05, 3.63) is 52.8 Å². The lowest BCUT2D eigenvalue weighted by atomic mass is 9.96. The average Bonchev–Trinajstić information content (AvgIpc) is 3.48. The molecular weight excluding hydrogens is 544 g/mol. The van der Waals surface area contributed by atoms with Crippen LogP contribution in [0.3, 0.4) is 0 Å². The Kier molecular flexibility index (Phi) is 8.82. The summed E-state index contributed by atoms with van der Waals surface area (Å²) in [6.07, 6.45) is 0.979. The molecule has 0 unspecified atom stereocenters. The highest BCUT2D eigenvalue weighted by Crippen LogP contribution is 2.32. The van der Waals surface area contributed by atoms with Crippen LogP contribution in [0.1, 0.15) is 39.0 Å². The minimum absolute atomic E-state index is 0.263. The maximum Gasteiger partial charge on any atom is 0.573 e. The molecule has 7 nitrogen and oxygen atoms in total. The Bertz CT molecular complexity index is 1250. The number of fused-ring (bicyclic) bond motifs is 1. The Balaban J connectivity index is 1.51. The number of hydrogen-bond donors (Lipinski definition) is 2. The van der Waals surface area contributed by atoms with Gasteiger partial charge in [-0.3, -0.25) is 4.90 Å². The van der Waals surface area contributed by atoms with E-state index in [2.05, 4.69) is 15.0 Å². The van der Waals surface area contributed by atoms with E-state index in [1.807, 2.05) is 11.5 Å². The lowest BCUT2D eigenvalue weighted by Crippen LogP contribution is -2.50. The smallest absolute Gasteiger partial charge is 0.465 e.